The molecule has 0 spiro atoms. The van der Waals surface area contributed by atoms with E-state index in [1.807, 2.05) is 26.0 Å². The van der Waals surface area contributed by atoms with Crippen molar-refractivity contribution in [1.82, 2.24) is 15.0 Å². The first kappa shape index (κ1) is 21.8. The van der Waals surface area contributed by atoms with Gasteiger partial charge < -0.3 is 10.1 Å². The average molecular weight is 437 g/mol. The third kappa shape index (κ3) is 5.60. The van der Waals surface area contributed by atoms with Gasteiger partial charge in [0.05, 0.1) is 11.3 Å². The highest BCUT2D eigenvalue weighted by Gasteiger charge is 2.30. The van der Waals surface area contributed by atoms with Gasteiger partial charge in [-0.15, -0.1) is 0 Å². The van der Waals surface area contributed by atoms with Crippen molar-refractivity contribution < 1.29 is 17.9 Å². The van der Waals surface area contributed by atoms with E-state index in [0.29, 0.717) is 29.0 Å². The van der Waals surface area contributed by atoms with Gasteiger partial charge in [-0.3, -0.25) is 0 Å². The van der Waals surface area contributed by atoms with Crippen LogP contribution in [0.15, 0.2) is 42.6 Å². The number of aryl methyl sites for hydroxylation is 2. The van der Waals surface area contributed by atoms with Crippen molar-refractivity contribution in [3.8, 4) is 11.6 Å². The number of nitrogens with zero attached hydrogens (tertiary/aromatic N) is 3. The lowest BCUT2D eigenvalue weighted by molar-refractivity contribution is -0.137. The van der Waals surface area contributed by atoms with Gasteiger partial charge in [-0.2, -0.15) is 13.2 Å². The van der Waals surface area contributed by atoms with E-state index in [-0.39, 0.29) is 5.88 Å². The molecular formula is C21H20ClF3N4O. The SMILES string of the molecule is CCc1nc(C)nc(NCCc2ccc(Oc3ccc(C(F)(F)F)cn3)cc2)c1Cl. The summed E-state index contributed by atoms with van der Waals surface area (Å²) in [4.78, 5) is 12.4. The van der Waals surface area contributed by atoms with Crippen LogP contribution in [0.2, 0.25) is 5.02 Å². The Morgan fingerprint density at radius 1 is 1.07 bits per heavy atom. The molecule has 0 amide bonds. The molecular weight excluding hydrogens is 417 g/mol. The lowest BCUT2D eigenvalue weighted by atomic mass is 10.1. The summed E-state index contributed by atoms with van der Waals surface area (Å²) in [6, 6.07) is 9.37. The van der Waals surface area contributed by atoms with Crippen LogP contribution in [0.3, 0.4) is 0 Å². The van der Waals surface area contributed by atoms with E-state index in [9.17, 15) is 13.2 Å². The van der Waals surface area contributed by atoms with Crippen LogP contribution in [-0.2, 0) is 19.0 Å². The highest BCUT2D eigenvalue weighted by Crippen LogP contribution is 2.30. The van der Waals surface area contributed by atoms with Crippen molar-refractivity contribution in [3.63, 3.8) is 0 Å². The van der Waals surface area contributed by atoms with E-state index >= 15 is 0 Å². The monoisotopic (exact) mass is 436 g/mol. The Hall–Kier alpha value is -2.87. The molecule has 0 bridgehead atoms. The number of benzene rings is 1. The van der Waals surface area contributed by atoms with Crippen molar-refractivity contribution in [1.29, 1.82) is 0 Å². The predicted molar refractivity (Wildman–Crippen MR) is 109 cm³/mol. The number of hydrogen-bond donors (Lipinski definition) is 1. The first-order valence-electron chi connectivity index (χ1n) is 9.33. The summed E-state index contributed by atoms with van der Waals surface area (Å²) in [6.45, 7) is 4.44. The van der Waals surface area contributed by atoms with Crippen molar-refractivity contribution in [2.45, 2.75) is 32.9 Å². The Labute approximate surface area is 177 Å². The van der Waals surface area contributed by atoms with Gasteiger partial charge in [-0.05, 0) is 43.5 Å². The molecule has 0 saturated carbocycles. The molecule has 0 aliphatic rings. The summed E-state index contributed by atoms with van der Waals surface area (Å²) in [5.74, 6) is 1.87. The quantitative estimate of drug-likeness (QED) is 0.502. The predicted octanol–water partition coefficient (Wildman–Crippen LogP) is 5.86. The lowest BCUT2D eigenvalue weighted by Crippen LogP contribution is -2.09. The Morgan fingerprint density at radius 3 is 2.40 bits per heavy atom. The molecule has 5 nitrogen and oxygen atoms in total. The molecule has 2 heterocycles. The number of alkyl halides is 3. The fraction of sp³-hybridized carbons (Fsp3) is 0.286. The maximum Gasteiger partial charge on any atom is 0.417 e. The number of anilines is 1. The van der Waals surface area contributed by atoms with E-state index in [1.54, 1.807) is 12.1 Å². The molecule has 30 heavy (non-hydrogen) atoms. The molecule has 0 atom stereocenters. The van der Waals surface area contributed by atoms with Crippen LogP contribution in [0.4, 0.5) is 19.0 Å². The molecule has 0 unspecified atom stereocenters. The number of aromatic nitrogens is 3. The zero-order valence-corrected chi connectivity index (χ0v) is 17.2. The van der Waals surface area contributed by atoms with E-state index < -0.39 is 11.7 Å². The average Bonchev–Trinajstić information content (AvgIpc) is 2.71. The largest absolute Gasteiger partial charge is 0.439 e. The molecule has 3 rings (SSSR count). The van der Waals surface area contributed by atoms with Crippen LogP contribution in [0.5, 0.6) is 11.6 Å². The van der Waals surface area contributed by atoms with Gasteiger partial charge in [-0.25, -0.2) is 15.0 Å². The van der Waals surface area contributed by atoms with Crippen LogP contribution in [0, 0.1) is 6.92 Å². The van der Waals surface area contributed by atoms with Crippen LogP contribution in [0.25, 0.3) is 0 Å². The molecule has 1 N–H and O–H groups in total. The highest BCUT2D eigenvalue weighted by atomic mass is 35.5. The normalized spacial score (nSPS) is 11.4. The van der Waals surface area contributed by atoms with Crippen molar-refractivity contribution in [3.05, 3.63) is 70.3 Å². The Kier molecular flexibility index (Phi) is 6.77. The summed E-state index contributed by atoms with van der Waals surface area (Å²) >= 11 is 6.32. The van der Waals surface area contributed by atoms with E-state index in [4.69, 9.17) is 16.3 Å². The lowest BCUT2D eigenvalue weighted by Gasteiger charge is -2.11. The summed E-state index contributed by atoms with van der Waals surface area (Å²) < 4.78 is 43.2. The minimum Gasteiger partial charge on any atom is -0.439 e. The minimum absolute atomic E-state index is 0.0953. The van der Waals surface area contributed by atoms with E-state index in [1.165, 1.54) is 6.07 Å². The molecule has 0 radical (unpaired) electrons. The van der Waals surface area contributed by atoms with Crippen LogP contribution in [-0.4, -0.2) is 21.5 Å². The van der Waals surface area contributed by atoms with Crippen molar-refractivity contribution in [2.75, 3.05) is 11.9 Å². The third-order valence-corrected chi connectivity index (χ3v) is 4.68. The van der Waals surface area contributed by atoms with Crippen LogP contribution >= 0.6 is 11.6 Å². The van der Waals surface area contributed by atoms with E-state index in [2.05, 4.69) is 20.3 Å². The standard InChI is InChI=1S/C21H20ClF3N4O/c1-3-17-19(22)20(29-13(2)28-17)26-11-10-14-4-7-16(8-5-14)30-18-9-6-15(12-27-18)21(23,24)25/h4-9,12H,3,10-11H2,1-2H3,(H,26,28,29). The summed E-state index contributed by atoms with van der Waals surface area (Å²) in [6.07, 6.45) is -2.22. The highest BCUT2D eigenvalue weighted by molar-refractivity contribution is 6.33. The second-order valence-corrected chi connectivity index (χ2v) is 6.92. The maximum atomic E-state index is 12.6. The second-order valence-electron chi connectivity index (χ2n) is 6.54. The molecule has 0 aliphatic carbocycles. The number of halogens is 4. The van der Waals surface area contributed by atoms with Gasteiger partial charge >= 0.3 is 6.18 Å². The van der Waals surface area contributed by atoms with Crippen molar-refractivity contribution >= 4 is 17.4 Å². The van der Waals surface area contributed by atoms with Crippen molar-refractivity contribution in [2.24, 2.45) is 0 Å². The van der Waals surface area contributed by atoms with Gasteiger partial charge in [0.15, 0.2) is 0 Å². The fourth-order valence-corrected chi connectivity index (χ4v) is 3.03. The Balaban J connectivity index is 1.56. The molecule has 0 saturated heterocycles. The van der Waals surface area contributed by atoms with Gasteiger partial charge in [0.25, 0.3) is 0 Å². The third-order valence-electron chi connectivity index (χ3n) is 4.28. The zero-order chi connectivity index (χ0) is 21.7. The summed E-state index contributed by atoms with van der Waals surface area (Å²) in [5, 5.41) is 3.77. The number of rotatable bonds is 7. The maximum absolute atomic E-state index is 12.6. The van der Waals surface area contributed by atoms with Gasteiger partial charge in [-0.1, -0.05) is 30.7 Å². The van der Waals surface area contributed by atoms with Crippen LogP contribution in [0.1, 0.15) is 29.6 Å². The number of nitrogens with one attached hydrogen (secondary N) is 1. The molecule has 0 aliphatic heterocycles. The molecule has 9 heteroatoms. The molecule has 3 aromatic rings. The number of ether oxygens (including phenoxy) is 1. The van der Waals surface area contributed by atoms with Gasteiger partial charge in [0.2, 0.25) is 5.88 Å². The number of hydrogen-bond acceptors (Lipinski definition) is 5. The van der Waals surface area contributed by atoms with E-state index in [0.717, 1.165) is 36.4 Å². The Morgan fingerprint density at radius 2 is 1.80 bits per heavy atom. The molecule has 0 fully saturated rings. The second kappa shape index (κ2) is 9.30. The zero-order valence-electron chi connectivity index (χ0n) is 16.4. The molecule has 2 aromatic heterocycles. The fourth-order valence-electron chi connectivity index (χ4n) is 2.75. The first-order valence-corrected chi connectivity index (χ1v) is 9.71. The summed E-state index contributed by atoms with van der Waals surface area (Å²) in [7, 11) is 0. The smallest absolute Gasteiger partial charge is 0.417 e. The van der Waals surface area contributed by atoms with Gasteiger partial charge in [0.1, 0.15) is 22.4 Å². The van der Waals surface area contributed by atoms with Crippen LogP contribution < -0.4 is 10.1 Å². The summed E-state index contributed by atoms with van der Waals surface area (Å²) in [5.41, 5.74) is 1.04. The van der Waals surface area contributed by atoms with Gasteiger partial charge in [0, 0.05) is 18.8 Å². The molecule has 1 aromatic carbocycles. The Bertz CT molecular complexity index is 993. The first-order chi connectivity index (χ1) is 14.3. The molecule has 158 valence electrons. The minimum atomic E-state index is -4.42. The topological polar surface area (TPSA) is 59.9 Å². The number of pyridine rings is 1.